The Kier molecular flexibility index (Phi) is 3.78. The van der Waals surface area contributed by atoms with Gasteiger partial charge in [0.15, 0.2) is 0 Å². The summed E-state index contributed by atoms with van der Waals surface area (Å²) >= 11 is 11.6. The molecule has 0 amide bonds. The van der Waals surface area contributed by atoms with Crippen LogP contribution >= 0.6 is 23.2 Å². The van der Waals surface area contributed by atoms with Crippen LogP contribution in [-0.2, 0) is 16.0 Å². The topological polar surface area (TPSA) is 26.3 Å². The third-order valence-electron chi connectivity index (χ3n) is 1.94. The van der Waals surface area contributed by atoms with Gasteiger partial charge in [0.1, 0.15) is 0 Å². The molecule has 0 heterocycles. The van der Waals surface area contributed by atoms with E-state index in [1.165, 1.54) is 7.11 Å². The predicted molar refractivity (Wildman–Crippen MR) is 56.9 cm³/mol. The highest BCUT2D eigenvalue weighted by molar-refractivity contribution is 6.42. The fraction of sp³-hybridized carbons (Fsp3) is 0.300. The molecule has 0 aliphatic rings. The molecule has 14 heavy (non-hydrogen) atoms. The molecular formula is C10H10Cl2O2. The number of esters is 1. The maximum absolute atomic E-state index is 11.0. The zero-order valence-corrected chi connectivity index (χ0v) is 9.45. The lowest BCUT2D eigenvalue weighted by atomic mass is 10.1. The van der Waals surface area contributed by atoms with Gasteiger partial charge in [-0.1, -0.05) is 23.2 Å². The molecule has 76 valence electrons. The highest BCUT2D eigenvalue weighted by Crippen LogP contribution is 2.25. The average molecular weight is 233 g/mol. The first kappa shape index (κ1) is 11.3. The monoisotopic (exact) mass is 232 g/mol. The van der Waals surface area contributed by atoms with Gasteiger partial charge in [-0.25, -0.2) is 0 Å². The molecule has 0 spiro atoms. The van der Waals surface area contributed by atoms with E-state index in [0.29, 0.717) is 10.0 Å². The SMILES string of the molecule is COC(=O)Cc1cc(Cl)c(Cl)cc1C. The number of carbonyl (C=O) groups is 1. The predicted octanol–water partition coefficient (Wildman–Crippen LogP) is 3.02. The maximum atomic E-state index is 11.0. The number of methoxy groups -OCH3 is 1. The summed E-state index contributed by atoms with van der Waals surface area (Å²) < 4.78 is 4.56. The van der Waals surface area contributed by atoms with Gasteiger partial charge in [-0.2, -0.15) is 0 Å². The number of rotatable bonds is 2. The largest absolute Gasteiger partial charge is 0.469 e. The minimum Gasteiger partial charge on any atom is -0.469 e. The van der Waals surface area contributed by atoms with E-state index in [1.807, 2.05) is 6.92 Å². The number of hydrogen-bond donors (Lipinski definition) is 0. The van der Waals surface area contributed by atoms with E-state index in [9.17, 15) is 4.79 Å². The smallest absolute Gasteiger partial charge is 0.309 e. The van der Waals surface area contributed by atoms with Crippen molar-refractivity contribution in [3.05, 3.63) is 33.3 Å². The van der Waals surface area contributed by atoms with Crippen molar-refractivity contribution in [3.63, 3.8) is 0 Å². The second-order valence-electron chi connectivity index (χ2n) is 2.95. The Morgan fingerprint density at radius 2 is 1.93 bits per heavy atom. The number of carbonyl (C=O) groups excluding carboxylic acids is 1. The molecule has 1 rings (SSSR count). The Balaban J connectivity index is 2.98. The zero-order valence-electron chi connectivity index (χ0n) is 7.93. The van der Waals surface area contributed by atoms with Crippen molar-refractivity contribution in [2.75, 3.05) is 7.11 Å². The van der Waals surface area contributed by atoms with E-state index in [4.69, 9.17) is 23.2 Å². The second-order valence-corrected chi connectivity index (χ2v) is 3.76. The second kappa shape index (κ2) is 4.67. The zero-order chi connectivity index (χ0) is 10.7. The summed E-state index contributed by atoms with van der Waals surface area (Å²) in [6, 6.07) is 3.43. The third-order valence-corrected chi connectivity index (χ3v) is 2.66. The van der Waals surface area contributed by atoms with Gasteiger partial charge in [-0.3, -0.25) is 4.79 Å². The van der Waals surface area contributed by atoms with Gasteiger partial charge in [0.05, 0.1) is 23.6 Å². The van der Waals surface area contributed by atoms with Gasteiger partial charge in [-0.15, -0.1) is 0 Å². The quantitative estimate of drug-likeness (QED) is 0.734. The number of benzene rings is 1. The number of aryl methyl sites for hydroxylation is 1. The summed E-state index contributed by atoms with van der Waals surface area (Å²) in [5, 5.41) is 0.953. The summed E-state index contributed by atoms with van der Waals surface area (Å²) in [5.41, 5.74) is 1.77. The molecule has 0 saturated heterocycles. The van der Waals surface area contributed by atoms with Crippen molar-refractivity contribution in [1.82, 2.24) is 0 Å². The van der Waals surface area contributed by atoms with Crippen LogP contribution in [-0.4, -0.2) is 13.1 Å². The van der Waals surface area contributed by atoms with Crippen molar-refractivity contribution >= 4 is 29.2 Å². The normalized spacial score (nSPS) is 10.0. The van der Waals surface area contributed by atoms with Crippen LogP contribution in [0.2, 0.25) is 10.0 Å². The first-order valence-corrected chi connectivity index (χ1v) is 4.81. The lowest BCUT2D eigenvalue weighted by molar-refractivity contribution is -0.139. The number of hydrogen-bond acceptors (Lipinski definition) is 2. The summed E-state index contributed by atoms with van der Waals surface area (Å²) in [5.74, 6) is -0.286. The Morgan fingerprint density at radius 1 is 1.36 bits per heavy atom. The van der Waals surface area contributed by atoms with Gasteiger partial charge in [0, 0.05) is 0 Å². The summed E-state index contributed by atoms with van der Waals surface area (Å²) in [6.07, 6.45) is 0.221. The molecule has 0 atom stereocenters. The Morgan fingerprint density at radius 3 is 2.50 bits per heavy atom. The Labute approximate surface area is 92.8 Å². The maximum Gasteiger partial charge on any atom is 0.309 e. The third kappa shape index (κ3) is 2.63. The van der Waals surface area contributed by atoms with Crippen molar-refractivity contribution < 1.29 is 9.53 Å². The van der Waals surface area contributed by atoms with Crippen LogP contribution < -0.4 is 0 Å². The van der Waals surface area contributed by atoms with Crippen molar-refractivity contribution in [3.8, 4) is 0 Å². The molecule has 0 fully saturated rings. The molecular weight excluding hydrogens is 223 g/mol. The molecule has 0 bridgehead atoms. The number of halogens is 2. The van der Waals surface area contributed by atoms with Crippen LogP contribution in [0.4, 0.5) is 0 Å². The van der Waals surface area contributed by atoms with Gasteiger partial charge in [-0.05, 0) is 30.2 Å². The minimum atomic E-state index is -0.286. The molecule has 1 aromatic rings. The molecule has 0 aromatic heterocycles. The molecule has 4 heteroatoms. The standard InChI is InChI=1S/C10H10Cl2O2/c1-6-3-8(11)9(12)4-7(6)5-10(13)14-2/h3-4H,5H2,1-2H3. The van der Waals surface area contributed by atoms with E-state index in [1.54, 1.807) is 12.1 Å². The Hall–Kier alpha value is -0.730. The van der Waals surface area contributed by atoms with Crippen molar-refractivity contribution in [1.29, 1.82) is 0 Å². The van der Waals surface area contributed by atoms with Gasteiger partial charge in [0.25, 0.3) is 0 Å². The van der Waals surface area contributed by atoms with E-state index in [0.717, 1.165) is 11.1 Å². The molecule has 0 aliphatic carbocycles. The van der Waals surface area contributed by atoms with Crippen LogP contribution in [0.5, 0.6) is 0 Å². The highest BCUT2D eigenvalue weighted by Gasteiger charge is 2.08. The van der Waals surface area contributed by atoms with Crippen molar-refractivity contribution in [2.45, 2.75) is 13.3 Å². The fourth-order valence-corrected chi connectivity index (χ4v) is 1.51. The Bertz CT molecular complexity index is 361. The summed E-state index contributed by atoms with van der Waals surface area (Å²) in [6.45, 7) is 1.88. The minimum absolute atomic E-state index is 0.221. The molecule has 0 N–H and O–H groups in total. The molecule has 0 saturated carbocycles. The van der Waals surface area contributed by atoms with Crippen LogP contribution in [0.1, 0.15) is 11.1 Å². The highest BCUT2D eigenvalue weighted by atomic mass is 35.5. The summed E-state index contributed by atoms with van der Waals surface area (Å²) in [4.78, 5) is 11.0. The lowest BCUT2D eigenvalue weighted by Crippen LogP contribution is -2.05. The van der Waals surface area contributed by atoms with Crippen LogP contribution in [0.15, 0.2) is 12.1 Å². The molecule has 0 aliphatic heterocycles. The van der Waals surface area contributed by atoms with Crippen LogP contribution in [0.25, 0.3) is 0 Å². The molecule has 0 unspecified atom stereocenters. The van der Waals surface area contributed by atoms with E-state index in [2.05, 4.69) is 4.74 Å². The molecule has 1 aromatic carbocycles. The van der Waals surface area contributed by atoms with Crippen molar-refractivity contribution in [2.24, 2.45) is 0 Å². The lowest BCUT2D eigenvalue weighted by Gasteiger charge is -2.06. The summed E-state index contributed by atoms with van der Waals surface area (Å²) in [7, 11) is 1.36. The van der Waals surface area contributed by atoms with Gasteiger partial charge < -0.3 is 4.74 Å². The fourth-order valence-electron chi connectivity index (χ4n) is 1.11. The molecule has 0 radical (unpaired) electrons. The first-order chi connectivity index (χ1) is 6.54. The van der Waals surface area contributed by atoms with E-state index in [-0.39, 0.29) is 12.4 Å². The average Bonchev–Trinajstić information content (AvgIpc) is 2.14. The van der Waals surface area contributed by atoms with Crippen LogP contribution in [0.3, 0.4) is 0 Å². The first-order valence-electron chi connectivity index (χ1n) is 4.06. The van der Waals surface area contributed by atoms with E-state index < -0.39 is 0 Å². The van der Waals surface area contributed by atoms with Gasteiger partial charge >= 0.3 is 5.97 Å². The van der Waals surface area contributed by atoms with Crippen LogP contribution in [0, 0.1) is 6.92 Å². The molecule has 2 nitrogen and oxygen atoms in total. The number of ether oxygens (including phenoxy) is 1. The van der Waals surface area contributed by atoms with Gasteiger partial charge in [0.2, 0.25) is 0 Å². The van der Waals surface area contributed by atoms with E-state index >= 15 is 0 Å².